The summed E-state index contributed by atoms with van der Waals surface area (Å²) in [5.41, 5.74) is 3.81. The Morgan fingerprint density at radius 1 is 1.42 bits per heavy atom. The molecule has 1 aromatic heterocycles. The minimum Gasteiger partial charge on any atom is -0.326 e. The number of hydrogen-bond donors (Lipinski definition) is 1. The minimum absolute atomic E-state index is 0.0574. The third-order valence-corrected chi connectivity index (χ3v) is 2.64. The summed E-state index contributed by atoms with van der Waals surface area (Å²) in [5.74, 6) is 0. The van der Waals surface area contributed by atoms with E-state index in [1.165, 1.54) is 16.7 Å². The van der Waals surface area contributed by atoms with Crippen LogP contribution in [0.4, 0.5) is 13.2 Å². The highest BCUT2D eigenvalue weighted by atomic mass is 19.4. The maximum Gasteiger partial charge on any atom is 0.418 e. The largest absolute Gasteiger partial charge is 0.418 e. The summed E-state index contributed by atoms with van der Waals surface area (Å²) in [5, 5.41) is -0.0574. The fourth-order valence-corrected chi connectivity index (χ4v) is 1.86. The van der Waals surface area contributed by atoms with Crippen LogP contribution in [-0.4, -0.2) is 15.6 Å². The van der Waals surface area contributed by atoms with E-state index in [1.54, 1.807) is 6.92 Å². The number of halogens is 3. The van der Waals surface area contributed by atoms with Crippen LogP contribution in [0.1, 0.15) is 12.5 Å². The predicted molar refractivity (Wildman–Crippen MR) is 64.7 cm³/mol. The molecule has 0 fully saturated rings. The van der Waals surface area contributed by atoms with Gasteiger partial charge in [0.25, 0.3) is 5.56 Å². The average Bonchev–Trinajstić information content (AvgIpc) is 2.30. The summed E-state index contributed by atoms with van der Waals surface area (Å²) < 4.78 is 39.6. The van der Waals surface area contributed by atoms with Crippen molar-refractivity contribution in [2.24, 2.45) is 5.73 Å². The smallest absolute Gasteiger partial charge is 0.326 e. The molecule has 0 saturated carbocycles. The molecule has 1 heterocycles. The summed E-state index contributed by atoms with van der Waals surface area (Å²) >= 11 is 0. The van der Waals surface area contributed by atoms with Crippen LogP contribution in [-0.2, 0) is 12.7 Å². The Labute approximate surface area is 106 Å². The van der Waals surface area contributed by atoms with Crippen LogP contribution in [0.15, 0.2) is 29.3 Å². The molecule has 0 aliphatic heterocycles. The van der Waals surface area contributed by atoms with E-state index in [4.69, 9.17) is 5.73 Å². The quantitative estimate of drug-likeness (QED) is 0.905. The number of aromatic nitrogens is 2. The van der Waals surface area contributed by atoms with Gasteiger partial charge in [-0.15, -0.1) is 0 Å². The van der Waals surface area contributed by atoms with Gasteiger partial charge in [-0.3, -0.25) is 9.36 Å². The van der Waals surface area contributed by atoms with Crippen molar-refractivity contribution in [3.8, 4) is 0 Å². The van der Waals surface area contributed by atoms with Gasteiger partial charge in [0, 0.05) is 12.6 Å². The normalized spacial score (nSPS) is 13.7. The SMILES string of the molecule is CC(N)Cn1cnc2c(C(F)(F)F)cccc2c1=O. The van der Waals surface area contributed by atoms with E-state index in [-0.39, 0.29) is 23.5 Å². The first-order valence-corrected chi connectivity index (χ1v) is 5.61. The average molecular weight is 271 g/mol. The van der Waals surface area contributed by atoms with Gasteiger partial charge in [-0.2, -0.15) is 13.2 Å². The molecule has 102 valence electrons. The predicted octanol–water partition coefficient (Wildman–Crippen LogP) is 1.76. The van der Waals surface area contributed by atoms with Crippen LogP contribution in [0.2, 0.25) is 0 Å². The van der Waals surface area contributed by atoms with Gasteiger partial charge in [-0.1, -0.05) is 6.07 Å². The zero-order chi connectivity index (χ0) is 14.2. The molecular formula is C12H12F3N3O. The highest BCUT2D eigenvalue weighted by Crippen LogP contribution is 2.32. The van der Waals surface area contributed by atoms with Crippen molar-refractivity contribution in [2.45, 2.75) is 25.7 Å². The van der Waals surface area contributed by atoms with Crippen LogP contribution in [0, 0.1) is 0 Å². The molecule has 0 amide bonds. The number of hydrogen-bond acceptors (Lipinski definition) is 3. The number of alkyl halides is 3. The molecule has 2 aromatic rings. The topological polar surface area (TPSA) is 60.9 Å². The van der Waals surface area contributed by atoms with E-state index in [2.05, 4.69) is 4.98 Å². The van der Waals surface area contributed by atoms with Crippen molar-refractivity contribution in [3.63, 3.8) is 0 Å². The monoisotopic (exact) mass is 271 g/mol. The van der Waals surface area contributed by atoms with Crippen molar-refractivity contribution in [1.29, 1.82) is 0 Å². The Hall–Kier alpha value is -1.89. The van der Waals surface area contributed by atoms with Gasteiger partial charge in [0.1, 0.15) is 0 Å². The summed E-state index contributed by atoms with van der Waals surface area (Å²) in [6, 6.07) is 3.15. The van der Waals surface area contributed by atoms with Crippen molar-refractivity contribution in [2.75, 3.05) is 0 Å². The van der Waals surface area contributed by atoms with Gasteiger partial charge in [-0.25, -0.2) is 4.98 Å². The molecule has 19 heavy (non-hydrogen) atoms. The van der Waals surface area contributed by atoms with Crippen LogP contribution in [0.5, 0.6) is 0 Å². The van der Waals surface area contributed by atoms with Gasteiger partial charge in [0.15, 0.2) is 0 Å². The molecule has 0 radical (unpaired) electrons. The molecular weight excluding hydrogens is 259 g/mol. The summed E-state index contributed by atoms with van der Waals surface area (Å²) in [6.07, 6.45) is -3.43. The lowest BCUT2D eigenvalue weighted by atomic mass is 10.1. The number of fused-ring (bicyclic) bond motifs is 1. The first-order valence-electron chi connectivity index (χ1n) is 5.61. The highest BCUT2D eigenvalue weighted by Gasteiger charge is 2.33. The molecule has 0 spiro atoms. The van der Waals surface area contributed by atoms with Crippen molar-refractivity contribution in [3.05, 3.63) is 40.4 Å². The fourth-order valence-electron chi connectivity index (χ4n) is 1.86. The van der Waals surface area contributed by atoms with Crippen molar-refractivity contribution < 1.29 is 13.2 Å². The Morgan fingerprint density at radius 3 is 2.68 bits per heavy atom. The number of benzene rings is 1. The lowest BCUT2D eigenvalue weighted by Gasteiger charge is -2.12. The second-order valence-electron chi connectivity index (χ2n) is 4.38. The Balaban J connectivity index is 2.69. The van der Waals surface area contributed by atoms with Crippen LogP contribution in [0.25, 0.3) is 10.9 Å². The molecule has 0 aliphatic rings. The Bertz CT molecular complexity index is 661. The Kier molecular flexibility index (Phi) is 3.32. The molecule has 0 bridgehead atoms. The second kappa shape index (κ2) is 4.65. The van der Waals surface area contributed by atoms with Gasteiger partial charge >= 0.3 is 6.18 Å². The molecule has 0 saturated heterocycles. The molecule has 2 N–H and O–H groups in total. The van der Waals surface area contributed by atoms with Crippen LogP contribution < -0.4 is 11.3 Å². The maximum absolute atomic E-state index is 12.8. The highest BCUT2D eigenvalue weighted by molar-refractivity contribution is 5.81. The van der Waals surface area contributed by atoms with Crippen LogP contribution in [0.3, 0.4) is 0 Å². The zero-order valence-electron chi connectivity index (χ0n) is 10.1. The van der Waals surface area contributed by atoms with Gasteiger partial charge < -0.3 is 5.73 Å². The second-order valence-corrected chi connectivity index (χ2v) is 4.38. The molecule has 1 aromatic carbocycles. The van der Waals surface area contributed by atoms with Crippen molar-refractivity contribution in [1.82, 2.24) is 9.55 Å². The number of rotatable bonds is 2. The third kappa shape index (κ3) is 2.60. The number of nitrogens with zero attached hydrogens (tertiary/aromatic N) is 2. The van der Waals surface area contributed by atoms with E-state index in [0.29, 0.717) is 0 Å². The van der Waals surface area contributed by atoms with Gasteiger partial charge in [0.05, 0.1) is 22.8 Å². The summed E-state index contributed by atoms with van der Waals surface area (Å²) in [4.78, 5) is 15.8. The summed E-state index contributed by atoms with van der Waals surface area (Å²) in [6.45, 7) is 1.90. The summed E-state index contributed by atoms with van der Waals surface area (Å²) in [7, 11) is 0. The van der Waals surface area contributed by atoms with Gasteiger partial charge in [0.2, 0.25) is 0 Å². The lowest BCUT2D eigenvalue weighted by molar-refractivity contribution is -0.136. The van der Waals surface area contributed by atoms with Gasteiger partial charge in [-0.05, 0) is 19.1 Å². The molecule has 7 heteroatoms. The Morgan fingerprint density at radius 2 is 2.11 bits per heavy atom. The molecule has 0 aliphatic carbocycles. The van der Waals surface area contributed by atoms with E-state index >= 15 is 0 Å². The first-order chi connectivity index (χ1) is 8.80. The van der Waals surface area contributed by atoms with E-state index in [9.17, 15) is 18.0 Å². The molecule has 2 rings (SSSR count). The standard InChI is InChI=1S/C12H12F3N3O/c1-7(16)5-18-6-17-10-8(11(18)19)3-2-4-9(10)12(13,14)15/h2-4,6-7H,5,16H2,1H3. The van der Waals surface area contributed by atoms with E-state index in [0.717, 1.165) is 12.4 Å². The molecule has 1 atom stereocenters. The molecule has 1 unspecified atom stereocenters. The maximum atomic E-state index is 12.8. The third-order valence-electron chi connectivity index (χ3n) is 2.64. The number of nitrogens with two attached hydrogens (primary N) is 1. The lowest BCUT2D eigenvalue weighted by Crippen LogP contribution is -2.30. The minimum atomic E-state index is -4.54. The number of para-hydroxylation sites is 1. The molecule has 4 nitrogen and oxygen atoms in total. The van der Waals surface area contributed by atoms with E-state index in [1.807, 2.05) is 0 Å². The zero-order valence-corrected chi connectivity index (χ0v) is 10.1. The van der Waals surface area contributed by atoms with Crippen LogP contribution >= 0.6 is 0 Å². The van der Waals surface area contributed by atoms with E-state index < -0.39 is 17.3 Å². The fraction of sp³-hybridized carbons (Fsp3) is 0.333. The first kappa shape index (κ1) is 13.5. The van der Waals surface area contributed by atoms with Crippen molar-refractivity contribution >= 4 is 10.9 Å².